The summed E-state index contributed by atoms with van der Waals surface area (Å²) in [7, 11) is 0. The minimum atomic E-state index is 0.445. The highest BCUT2D eigenvalue weighted by molar-refractivity contribution is 4.80. The molecule has 2 saturated heterocycles. The number of nitrogens with one attached hydrogen (secondary N) is 2. The maximum Gasteiger partial charge on any atom is 0.0561 e. The van der Waals surface area contributed by atoms with Crippen molar-refractivity contribution in [3.63, 3.8) is 0 Å². The van der Waals surface area contributed by atoms with Crippen LogP contribution >= 0.6 is 0 Å². The van der Waals surface area contributed by atoms with E-state index in [2.05, 4.69) is 17.6 Å². The number of ether oxygens (including phenoxy) is 1. The van der Waals surface area contributed by atoms with E-state index in [0.717, 1.165) is 12.6 Å². The summed E-state index contributed by atoms with van der Waals surface area (Å²) in [6.07, 6.45) is 6.75. The Hall–Kier alpha value is -0.120. The zero-order valence-corrected chi connectivity index (χ0v) is 9.80. The lowest BCUT2D eigenvalue weighted by molar-refractivity contribution is 0.0110. The van der Waals surface area contributed by atoms with Crippen molar-refractivity contribution in [2.75, 3.05) is 19.7 Å². The van der Waals surface area contributed by atoms with Crippen LogP contribution in [0.5, 0.6) is 0 Å². The van der Waals surface area contributed by atoms with Gasteiger partial charge in [-0.25, -0.2) is 0 Å². The molecule has 2 heterocycles. The molecule has 2 aliphatic heterocycles. The first-order chi connectivity index (χ1) is 7.34. The molecule has 0 saturated carbocycles. The van der Waals surface area contributed by atoms with Gasteiger partial charge in [0, 0.05) is 18.7 Å². The van der Waals surface area contributed by atoms with Crippen molar-refractivity contribution in [2.45, 2.75) is 57.2 Å². The van der Waals surface area contributed by atoms with Crippen LogP contribution in [0.2, 0.25) is 0 Å². The molecule has 0 aromatic carbocycles. The second kappa shape index (κ2) is 5.83. The number of hydrogen-bond donors (Lipinski definition) is 2. The summed E-state index contributed by atoms with van der Waals surface area (Å²) in [5, 5.41) is 7.27. The average Bonchev–Trinajstić information content (AvgIpc) is 2.46. The molecule has 88 valence electrons. The minimum absolute atomic E-state index is 0.445. The Kier molecular flexibility index (Phi) is 4.42. The highest BCUT2D eigenvalue weighted by atomic mass is 16.5. The zero-order valence-electron chi connectivity index (χ0n) is 9.80. The summed E-state index contributed by atoms with van der Waals surface area (Å²) in [5.41, 5.74) is 0. The molecule has 15 heavy (non-hydrogen) atoms. The lowest BCUT2D eigenvalue weighted by atomic mass is 10.0. The maximum atomic E-state index is 5.57. The largest absolute Gasteiger partial charge is 0.378 e. The molecular formula is C12H24N2O. The smallest absolute Gasteiger partial charge is 0.0561 e. The normalized spacial score (nSPS) is 38.6. The first-order valence-electron chi connectivity index (χ1n) is 6.43. The van der Waals surface area contributed by atoms with Crippen LogP contribution in [-0.4, -0.2) is 37.9 Å². The second-order valence-electron chi connectivity index (χ2n) is 4.95. The van der Waals surface area contributed by atoms with Gasteiger partial charge in [0.15, 0.2) is 0 Å². The van der Waals surface area contributed by atoms with Gasteiger partial charge >= 0.3 is 0 Å². The van der Waals surface area contributed by atoms with E-state index in [1.165, 1.54) is 45.2 Å². The summed E-state index contributed by atoms with van der Waals surface area (Å²) in [5.74, 6) is 0. The first-order valence-corrected chi connectivity index (χ1v) is 6.43. The Labute approximate surface area is 93.0 Å². The summed E-state index contributed by atoms with van der Waals surface area (Å²) in [6, 6.07) is 1.42. The van der Waals surface area contributed by atoms with Gasteiger partial charge < -0.3 is 15.4 Å². The third-order valence-corrected chi connectivity index (χ3v) is 3.53. The fourth-order valence-corrected chi connectivity index (χ4v) is 2.67. The van der Waals surface area contributed by atoms with Gasteiger partial charge in [-0.3, -0.25) is 0 Å². The van der Waals surface area contributed by atoms with Crippen LogP contribution in [0.3, 0.4) is 0 Å². The SMILES string of the molecule is CC1CC(NC2CCCNCC2)CCO1. The Bertz CT molecular complexity index is 178. The molecular weight excluding hydrogens is 188 g/mol. The lowest BCUT2D eigenvalue weighted by Crippen LogP contribution is -2.43. The zero-order chi connectivity index (χ0) is 10.5. The van der Waals surface area contributed by atoms with Crippen molar-refractivity contribution >= 4 is 0 Å². The highest BCUT2D eigenvalue weighted by Crippen LogP contribution is 2.16. The van der Waals surface area contributed by atoms with Gasteiger partial charge in [0.05, 0.1) is 6.10 Å². The molecule has 3 nitrogen and oxygen atoms in total. The molecule has 3 unspecified atom stereocenters. The van der Waals surface area contributed by atoms with Gasteiger partial charge in [0.2, 0.25) is 0 Å². The lowest BCUT2D eigenvalue weighted by Gasteiger charge is -2.31. The summed E-state index contributed by atoms with van der Waals surface area (Å²) < 4.78 is 5.57. The summed E-state index contributed by atoms with van der Waals surface area (Å²) in [4.78, 5) is 0. The van der Waals surface area contributed by atoms with Crippen LogP contribution in [0.25, 0.3) is 0 Å². The molecule has 0 aliphatic carbocycles. The molecule has 0 aromatic rings. The van der Waals surface area contributed by atoms with E-state index in [1.54, 1.807) is 0 Å². The molecule has 0 radical (unpaired) electrons. The van der Waals surface area contributed by atoms with E-state index in [0.29, 0.717) is 12.1 Å². The second-order valence-corrected chi connectivity index (χ2v) is 4.95. The standard InChI is InChI=1S/C12H24N2O/c1-10-9-12(5-8-15-10)14-11-3-2-6-13-7-4-11/h10-14H,2-9H2,1H3. The molecule has 2 fully saturated rings. The number of hydrogen-bond acceptors (Lipinski definition) is 3. The molecule has 2 aliphatic rings. The van der Waals surface area contributed by atoms with E-state index >= 15 is 0 Å². The monoisotopic (exact) mass is 212 g/mol. The molecule has 0 aromatic heterocycles. The fourth-order valence-electron chi connectivity index (χ4n) is 2.67. The molecule has 3 heteroatoms. The van der Waals surface area contributed by atoms with Gasteiger partial charge in [-0.1, -0.05) is 0 Å². The van der Waals surface area contributed by atoms with Crippen molar-refractivity contribution in [3.8, 4) is 0 Å². The third kappa shape index (κ3) is 3.74. The predicted octanol–water partition coefficient (Wildman–Crippen LogP) is 1.29. The van der Waals surface area contributed by atoms with Gasteiger partial charge in [-0.2, -0.15) is 0 Å². The van der Waals surface area contributed by atoms with E-state index in [9.17, 15) is 0 Å². The molecule has 0 bridgehead atoms. The van der Waals surface area contributed by atoms with Crippen LogP contribution in [0, 0.1) is 0 Å². The van der Waals surface area contributed by atoms with E-state index in [-0.39, 0.29) is 0 Å². The Balaban J connectivity index is 1.74. The Morgan fingerprint density at radius 3 is 2.93 bits per heavy atom. The van der Waals surface area contributed by atoms with Gasteiger partial charge in [0.1, 0.15) is 0 Å². The molecule has 2 N–H and O–H groups in total. The van der Waals surface area contributed by atoms with Crippen molar-refractivity contribution in [3.05, 3.63) is 0 Å². The summed E-state index contributed by atoms with van der Waals surface area (Å²) in [6.45, 7) is 5.49. The van der Waals surface area contributed by atoms with Crippen molar-refractivity contribution in [2.24, 2.45) is 0 Å². The molecule has 2 rings (SSSR count). The molecule has 0 spiro atoms. The van der Waals surface area contributed by atoms with Crippen LogP contribution in [-0.2, 0) is 4.74 Å². The van der Waals surface area contributed by atoms with Crippen molar-refractivity contribution in [1.82, 2.24) is 10.6 Å². The Morgan fingerprint density at radius 1 is 1.13 bits per heavy atom. The Morgan fingerprint density at radius 2 is 2.07 bits per heavy atom. The first kappa shape index (κ1) is 11.4. The van der Waals surface area contributed by atoms with Crippen LogP contribution in [0.1, 0.15) is 39.0 Å². The van der Waals surface area contributed by atoms with Crippen LogP contribution in [0.4, 0.5) is 0 Å². The molecule has 0 amide bonds. The van der Waals surface area contributed by atoms with Gasteiger partial charge in [-0.15, -0.1) is 0 Å². The van der Waals surface area contributed by atoms with Gasteiger partial charge in [0.25, 0.3) is 0 Å². The topological polar surface area (TPSA) is 33.3 Å². The summed E-state index contributed by atoms with van der Waals surface area (Å²) >= 11 is 0. The fraction of sp³-hybridized carbons (Fsp3) is 1.00. The average molecular weight is 212 g/mol. The van der Waals surface area contributed by atoms with Gasteiger partial charge in [-0.05, 0) is 52.1 Å². The van der Waals surface area contributed by atoms with Crippen LogP contribution in [0.15, 0.2) is 0 Å². The molecule has 3 atom stereocenters. The third-order valence-electron chi connectivity index (χ3n) is 3.53. The van der Waals surface area contributed by atoms with E-state index < -0.39 is 0 Å². The number of rotatable bonds is 2. The predicted molar refractivity (Wildman–Crippen MR) is 62.1 cm³/mol. The van der Waals surface area contributed by atoms with Crippen molar-refractivity contribution in [1.29, 1.82) is 0 Å². The highest BCUT2D eigenvalue weighted by Gasteiger charge is 2.22. The quantitative estimate of drug-likeness (QED) is 0.723. The van der Waals surface area contributed by atoms with E-state index in [4.69, 9.17) is 4.74 Å². The van der Waals surface area contributed by atoms with Crippen molar-refractivity contribution < 1.29 is 4.74 Å². The maximum absolute atomic E-state index is 5.57. The minimum Gasteiger partial charge on any atom is -0.378 e. The van der Waals surface area contributed by atoms with E-state index in [1.807, 2.05) is 0 Å². The van der Waals surface area contributed by atoms with Crippen LogP contribution < -0.4 is 10.6 Å².